The summed E-state index contributed by atoms with van der Waals surface area (Å²) in [7, 11) is -3.66. The van der Waals surface area contributed by atoms with E-state index < -0.39 is 34.5 Å². The lowest BCUT2D eigenvalue weighted by molar-refractivity contribution is -0.149. The number of amidine groups is 1. The maximum atomic E-state index is 12.0. The fourth-order valence-electron chi connectivity index (χ4n) is 2.10. The Morgan fingerprint density at radius 2 is 1.92 bits per heavy atom. The summed E-state index contributed by atoms with van der Waals surface area (Å²) >= 11 is 0. The van der Waals surface area contributed by atoms with E-state index in [0.29, 0.717) is 18.0 Å². The third kappa shape index (κ3) is 4.79. The highest BCUT2D eigenvalue weighted by molar-refractivity contribution is 7.90. The molecule has 0 aromatic heterocycles. The number of hydrogen-bond acceptors (Lipinski definition) is 6. The number of amides is 1. The molecule has 0 fully saturated rings. The quantitative estimate of drug-likeness (QED) is 0.708. The van der Waals surface area contributed by atoms with E-state index in [2.05, 4.69) is 15.0 Å². The van der Waals surface area contributed by atoms with E-state index in [1.807, 2.05) is 13.8 Å². The van der Waals surface area contributed by atoms with Gasteiger partial charge in [0, 0.05) is 12.1 Å². The molecule has 1 heterocycles. The van der Waals surface area contributed by atoms with E-state index in [1.54, 1.807) is 18.2 Å². The maximum Gasteiger partial charge on any atom is 0.331 e. The van der Waals surface area contributed by atoms with Gasteiger partial charge in [0.1, 0.15) is 11.9 Å². The SMILES string of the molecule is CC(C)CNC(=O)COC(=O)C(C)N=C1NS(=O)(=O)c2ccccc21. The van der Waals surface area contributed by atoms with E-state index in [4.69, 9.17) is 4.74 Å². The van der Waals surface area contributed by atoms with E-state index in [9.17, 15) is 18.0 Å². The molecule has 1 aromatic rings. The summed E-state index contributed by atoms with van der Waals surface area (Å²) in [5, 5.41) is 2.63. The molecule has 0 spiro atoms. The van der Waals surface area contributed by atoms with Gasteiger partial charge in [-0.25, -0.2) is 13.2 Å². The second kappa shape index (κ2) is 7.64. The average molecular weight is 367 g/mol. The highest BCUT2D eigenvalue weighted by Gasteiger charge is 2.31. The molecule has 2 rings (SSSR count). The lowest BCUT2D eigenvalue weighted by Gasteiger charge is -2.10. The van der Waals surface area contributed by atoms with Crippen molar-refractivity contribution in [1.82, 2.24) is 10.0 Å². The molecule has 1 aliphatic heterocycles. The topological polar surface area (TPSA) is 114 Å². The van der Waals surface area contributed by atoms with Crippen LogP contribution in [0.2, 0.25) is 0 Å². The van der Waals surface area contributed by atoms with Crippen molar-refractivity contribution < 1.29 is 22.7 Å². The number of carbonyl (C=O) groups is 2. The van der Waals surface area contributed by atoms with Gasteiger partial charge < -0.3 is 10.1 Å². The zero-order valence-corrected chi connectivity index (χ0v) is 15.1. The van der Waals surface area contributed by atoms with Gasteiger partial charge in [-0.1, -0.05) is 26.0 Å². The van der Waals surface area contributed by atoms with Gasteiger partial charge in [-0.05, 0) is 25.0 Å². The van der Waals surface area contributed by atoms with E-state index in [-0.39, 0.29) is 10.7 Å². The predicted molar refractivity (Wildman–Crippen MR) is 91.6 cm³/mol. The molecule has 1 unspecified atom stereocenters. The van der Waals surface area contributed by atoms with Crippen LogP contribution >= 0.6 is 0 Å². The van der Waals surface area contributed by atoms with Crippen LogP contribution in [0.15, 0.2) is 34.2 Å². The summed E-state index contributed by atoms with van der Waals surface area (Å²) in [5.41, 5.74) is 0.400. The molecule has 0 bridgehead atoms. The van der Waals surface area contributed by atoms with E-state index in [0.717, 1.165) is 0 Å². The van der Waals surface area contributed by atoms with Gasteiger partial charge in [-0.15, -0.1) is 0 Å². The Morgan fingerprint density at radius 1 is 1.24 bits per heavy atom. The Labute approximate surface area is 146 Å². The number of nitrogens with one attached hydrogen (secondary N) is 2. The van der Waals surface area contributed by atoms with Crippen molar-refractivity contribution in [3.8, 4) is 0 Å². The van der Waals surface area contributed by atoms with Crippen LogP contribution in [0.25, 0.3) is 0 Å². The Hall–Kier alpha value is -2.42. The lowest BCUT2D eigenvalue weighted by atomic mass is 10.2. The number of carbonyl (C=O) groups excluding carboxylic acids is 2. The number of ether oxygens (including phenoxy) is 1. The monoisotopic (exact) mass is 367 g/mol. The molecule has 1 atom stereocenters. The Kier molecular flexibility index (Phi) is 5.78. The smallest absolute Gasteiger partial charge is 0.331 e. The molecule has 0 saturated heterocycles. The van der Waals surface area contributed by atoms with Crippen LogP contribution in [0.3, 0.4) is 0 Å². The van der Waals surface area contributed by atoms with Crippen molar-refractivity contribution in [3.05, 3.63) is 29.8 Å². The summed E-state index contributed by atoms with van der Waals surface area (Å²) in [6.45, 7) is 5.46. The molecule has 136 valence electrons. The number of nitrogens with zero attached hydrogens (tertiary/aromatic N) is 1. The molecule has 2 N–H and O–H groups in total. The van der Waals surface area contributed by atoms with E-state index in [1.165, 1.54) is 13.0 Å². The number of sulfonamides is 1. The zero-order valence-electron chi connectivity index (χ0n) is 14.3. The van der Waals surface area contributed by atoms with Crippen LogP contribution < -0.4 is 10.0 Å². The van der Waals surface area contributed by atoms with Gasteiger partial charge in [0.25, 0.3) is 15.9 Å². The Bertz CT molecular complexity index is 802. The summed E-state index contributed by atoms with van der Waals surface area (Å²) in [4.78, 5) is 27.7. The molecule has 9 heteroatoms. The molecular weight excluding hydrogens is 346 g/mol. The van der Waals surface area contributed by atoms with Gasteiger partial charge in [0.15, 0.2) is 6.61 Å². The van der Waals surface area contributed by atoms with Gasteiger partial charge in [-0.2, -0.15) is 0 Å². The van der Waals surface area contributed by atoms with Crippen molar-refractivity contribution in [2.75, 3.05) is 13.2 Å². The Balaban J connectivity index is 2.00. The molecule has 25 heavy (non-hydrogen) atoms. The van der Waals surface area contributed by atoms with Gasteiger partial charge in [0.05, 0.1) is 4.90 Å². The highest BCUT2D eigenvalue weighted by atomic mass is 32.2. The summed E-state index contributed by atoms with van der Waals surface area (Å²) in [5.74, 6) is -0.727. The first-order chi connectivity index (χ1) is 11.7. The number of esters is 1. The maximum absolute atomic E-state index is 12.0. The van der Waals surface area contributed by atoms with Crippen LogP contribution in [0.1, 0.15) is 26.3 Å². The van der Waals surface area contributed by atoms with Crippen LogP contribution in [-0.4, -0.2) is 45.3 Å². The first kappa shape index (κ1) is 18.9. The van der Waals surface area contributed by atoms with Gasteiger partial charge >= 0.3 is 5.97 Å². The third-order valence-corrected chi connectivity index (χ3v) is 4.78. The van der Waals surface area contributed by atoms with Crippen molar-refractivity contribution >= 4 is 27.7 Å². The van der Waals surface area contributed by atoms with Crippen LogP contribution in [0.4, 0.5) is 0 Å². The fourth-order valence-corrected chi connectivity index (χ4v) is 3.34. The molecule has 8 nitrogen and oxygen atoms in total. The highest BCUT2D eigenvalue weighted by Crippen LogP contribution is 2.22. The number of hydrogen-bond donors (Lipinski definition) is 2. The van der Waals surface area contributed by atoms with Crippen LogP contribution in [0.5, 0.6) is 0 Å². The van der Waals surface area contributed by atoms with Crippen LogP contribution in [-0.2, 0) is 24.3 Å². The molecule has 1 amide bonds. The third-order valence-electron chi connectivity index (χ3n) is 3.38. The molecule has 0 saturated carbocycles. The predicted octanol–water partition coefficient (Wildman–Crippen LogP) is 0.429. The largest absolute Gasteiger partial charge is 0.454 e. The Morgan fingerprint density at radius 3 is 2.60 bits per heavy atom. The normalized spacial score (nSPS) is 17.7. The van der Waals surface area contributed by atoms with Crippen molar-refractivity contribution in [2.24, 2.45) is 10.9 Å². The molecule has 0 radical (unpaired) electrons. The number of benzene rings is 1. The number of fused-ring (bicyclic) bond motifs is 1. The first-order valence-electron chi connectivity index (χ1n) is 7.84. The second-order valence-electron chi connectivity index (χ2n) is 6.06. The molecule has 1 aromatic carbocycles. The summed E-state index contributed by atoms with van der Waals surface area (Å²) in [6.07, 6.45) is 0. The molecular formula is C16H21N3O5S. The summed E-state index contributed by atoms with van der Waals surface area (Å²) < 4.78 is 31.2. The first-order valence-corrected chi connectivity index (χ1v) is 9.32. The van der Waals surface area contributed by atoms with Gasteiger partial charge in [-0.3, -0.25) is 14.5 Å². The minimum Gasteiger partial charge on any atom is -0.454 e. The zero-order chi connectivity index (χ0) is 18.6. The van der Waals surface area contributed by atoms with Gasteiger partial charge in [0.2, 0.25) is 0 Å². The molecule has 0 aliphatic carbocycles. The minimum atomic E-state index is -3.66. The standard InChI is InChI=1S/C16H21N3O5S/c1-10(2)8-17-14(20)9-24-16(21)11(3)18-15-12-6-4-5-7-13(12)25(22,23)19-15/h4-7,10-11H,8-9H2,1-3H3,(H,17,20)(H,18,19). The van der Waals surface area contributed by atoms with E-state index >= 15 is 0 Å². The van der Waals surface area contributed by atoms with Crippen molar-refractivity contribution in [2.45, 2.75) is 31.7 Å². The van der Waals surface area contributed by atoms with Crippen LogP contribution in [0, 0.1) is 5.92 Å². The van der Waals surface area contributed by atoms with Crippen molar-refractivity contribution in [1.29, 1.82) is 0 Å². The number of aliphatic imine (C=N–C) groups is 1. The molecule has 1 aliphatic rings. The van der Waals surface area contributed by atoms with Crippen molar-refractivity contribution in [3.63, 3.8) is 0 Å². The lowest BCUT2D eigenvalue weighted by Crippen LogP contribution is -2.33. The number of rotatable bonds is 6. The summed E-state index contributed by atoms with van der Waals surface area (Å²) in [6, 6.07) is 5.39. The minimum absolute atomic E-state index is 0.0873. The fraction of sp³-hybridized carbons (Fsp3) is 0.438. The average Bonchev–Trinajstić information content (AvgIpc) is 2.81. The second-order valence-corrected chi connectivity index (χ2v) is 7.71.